The second-order valence-electron chi connectivity index (χ2n) is 8.41. The zero-order valence-corrected chi connectivity index (χ0v) is 16.3. The summed E-state index contributed by atoms with van der Waals surface area (Å²) >= 11 is 0. The molecule has 0 N–H and O–H groups in total. The summed E-state index contributed by atoms with van der Waals surface area (Å²) in [5.41, 5.74) is 2.51. The Morgan fingerprint density at radius 3 is 2.46 bits per heavy atom. The summed E-state index contributed by atoms with van der Waals surface area (Å²) < 4.78 is 6.29. The second-order valence-corrected chi connectivity index (χ2v) is 8.41. The average Bonchev–Trinajstić information content (AvgIpc) is 3.31. The van der Waals surface area contributed by atoms with E-state index in [4.69, 9.17) is 9.72 Å². The molecule has 0 unspecified atom stereocenters. The van der Waals surface area contributed by atoms with Crippen molar-refractivity contribution < 1.29 is 4.74 Å². The highest BCUT2D eigenvalue weighted by Gasteiger charge is 2.28. The van der Waals surface area contributed by atoms with E-state index in [1.807, 2.05) is 0 Å². The average molecular weight is 359 g/mol. The molecule has 1 aromatic heterocycles. The largest absolute Gasteiger partial charge is 0.373 e. The molecular weight excluding hydrogens is 324 g/mol. The molecule has 0 radical (unpaired) electrons. The molecule has 0 saturated carbocycles. The summed E-state index contributed by atoms with van der Waals surface area (Å²) in [6, 6.07) is 4.47. The standard InChI is InChI=1S/C21H34N4O/c1-23-10-12-25(13-11-23)16-18-4-5-19(22-15-18)14-20-6-7-21(26-20)17-24-8-2-3-9-24/h4-5,15,20-21H,2-3,6-14,16-17H2,1H3/t20-,21+/m0/s1. The third-order valence-corrected chi connectivity index (χ3v) is 6.18. The Balaban J connectivity index is 1.21. The van der Waals surface area contributed by atoms with Gasteiger partial charge in [0, 0.05) is 57.6 Å². The van der Waals surface area contributed by atoms with E-state index in [9.17, 15) is 0 Å². The van der Waals surface area contributed by atoms with E-state index in [0.717, 1.165) is 32.6 Å². The van der Waals surface area contributed by atoms with Crippen molar-refractivity contribution in [2.24, 2.45) is 0 Å². The first-order valence-corrected chi connectivity index (χ1v) is 10.5. The van der Waals surface area contributed by atoms with Crippen LogP contribution in [-0.2, 0) is 17.7 Å². The van der Waals surface area contributed by atoms with Crippen LogP contribution < -0.4 is 0 Å². The summed E-state index contributed by atoms with van der Waals surface area (Å²) in [5, 5.41) is 0. The fraction of sp³-hybridized carbons (Fsp3) is 0.762. The van der Waals surface area contributed by atoms with Crippen molar-refractivity contribution in [2.75, 3.05) is 52.9 Å². The van der Waals surface area contributed by atoms with Gasteiger partial charge < -0.3 is 14.5 Å². The fourth-order valence-electron chi connectivity index (χ4n) is 4.48. The smallest absolute Gasteiger partial charge is 0.0706 e. The quantitative estimate of drug-likeness (QED) is 0.777. The van der Waals surface area contributed by atoms with Gasteiger partial charge in [0.15, 0.2) is 0 Å². The molecule has 5 nitrogen and oxygen atoms in total. The number of nitrogens with zero attached hydrogens (tertiary/aromatic N) is 4. The van der Waals surface area contributed by atoms with Crippen molar-refractivity contribution in [3.63, 3.8) is 0 Å². The Bertz CT molecular complexity index is 550. The van der Waals surface area contributed by atoms with E-state index in [1.54, 1.807) is 0 Å². The minimum absolute atomic E-state index is 0.360. The molecule has 0 bridgehead atoms. The van der Waals surface area contributed by atoms with Gasteiger partial charge in [0.25, 0.3) is 0 Å². The van der Waals surface area contributed by atoms with E-state index in [2.05, 4.69) is 40.1 Å². The van der Waals surface area contributed by atoms with E-state index < -0.39 is 0 Å². The molecule has 4 heterocycles. The maximum Gasteiger partial charge on any atom is 0.0706 e. The topological polar surface area (TPSA) is 31.8 Å². The number of pyridine rings is 1. The summed E-state index contributed by atoms with van der Waals surface area (Å²) in [6.45, 7) is 9.35. The van der Waals surface area contributed by atoms with Crippen LogP contribution in [0.2, 0.25) is 0 Å². The predicted molar refractivity (Wildman–Crippen MR) is 104 cm³/mol. The van der Waals surface area contributed by atoms with Crippen LogP contribution in [0.3, 0.4) is 0 Å². The lowest BCUT2D eigenvalue weighted by atomic mass is 10.1. The van der Waals surface area contributed by atoms with Crippen molar-refractivity contribution in [1.29, 1.82) is 0 Å². The van der Waals surface area contributed by atoms with Crippen LogP contribution in [0.5, 0.6) is 0 Å². The molecule has 3 aliphatic rings. The minimum atomic E-state index is 0.360. The molecular formula is C21H34N4O. The van der Waals surface area contributed by atoms with Gasteiger partial charge in [-0.3, -0.25) is 9.88 Å². The Labute approximate surface area is 158 Å². The number of aromatic nitrogens is 1. The lowest BCUT2D eigenvalue weighted by Crippen LogP contribution is -2.43. The Morgan fingerprint density at radius 1 is 0.962 bits per heavy atom. The van der Waals surface area contributed by atoms with Gasteiger partial charge >= 0.3 is 0 Å². The molecule has 0 aliphatic carbocycles. The molecule has 3 aliphatic heterocycles. The first kappa shape index (κ1) is 18.4. The Morgan fingerprint density at radius 2 is 1.73 bits per heavy atom. The summed E-state index contributed by atoms with van der Waals surface area (Å²) in [4.78, 5) is 12.2. The molecule has 4 rings (SSSR count). The van der Waals surface area contributed by atoms with Gasteiger partial charge in [-0.25, -0.2) is 0 Å². The van der Waals surface area contributed by atoms with E-state index in [-0.39, 0.29) is 0 Å². The van der Waals surface area contributed by atoms with Crippen LogP contribution in [0.25, 0.3) is 0 Å². The van der Waals surface area contributed by atoms with Crippen molar-refractivity contribution >= 4 is 0 Å². The number of rotatable bonds is 6. The number of hydrogen-bond donors (Lipinski definition) is 0. The van der Waals surface area contributed by atoms with Gasteiger partial charge in [-0.2, -0.15) is 0 Å². The number of likely N-dealkylation sites (tertiary alicyclic amines) is 1. The third-order valence-electron chi connectivity index (χ3n) is 6.18. The SMILES string of the molecule is CN1CCN(Cc2ccc(C[C@@H]3CC[C@H](CN4CCCC4)O3)nc2)CC1. The highest BCUT2D eigenvalue weighted by atomic mass is 16.5. The first-order chi connectivity index (χ1) is 12.7. The van der Waals surface area contributed by atoms with Gasteiger partial charge in [-0.05, 0) is 57.5 Å². The lowest BCUT2D eigenvalue weighted by molar-refractivity contribution is 0.0271. The van der Waals surface area contributed by atoms with Crippen LogP contribution in [0.1, 0.15) is 36.9 Å². The highest BCUT2D eigenvalue weighted by Crippen LogP contribution is 2.24. The lowest BCUT2D eigenvalue weighted by Gasteiger charge is -2.32. The first-order valence-electron chi connectivity index (χ1n) is 10.5. The number of ether oxygens (including phenoxy) is 1. The molecule has 144 valence electrons. The molecule has 1 aromatic rings. The van der Waals surface area contributed by atoms with Crippen molar-refractivity contribution in [3.05, 3.63) is 29.6 Å². The van der Waals surface area contributed by atoms with Crippen LogP contribution in [0, 0.1) is 0 Å². The molecule has 26 heavy (non-hydrogen) atoms. The fourth-order valence-corrected chi connectivity index (χ4v) is 4.48. The van der Waals surface area contributed by atoms with Gasteiger partial charge in [0.2, 0.25) is 0 Å². The molecule has 5 heteroatoms. The van der Waals surface area contributed by atoms with E-state index in [0.29, 0.717) is 12.2 Å². The predicted octanol–water partition coefficient (Wildman–Crippen LogP) is 2.01. The third kappa shape index (κ3) is 5.03. The molecule has 3 saturated heterocycles. The van der Waals surface area contributed by atoms with Crippen LogP contribution in [0.4, 0.5) is 0 Å². The summed E-state index contributed by atoms with van der Waals surface area (Å²) in [7, 11) is 2.20. The van der Waals surface area contributed by atoms with Crippen molar-refractivity contribution in [2.45, 2.75) is 50.9 Å². The van der Waals surface area contributed by atoms with Gasteiger partial charge in [0.05, 0.1) is 12.2 Å². The van der Waals surface area contributed by atoms with Gasteiger partial charge in [0.1, 0.15) is 0 Å². The van der Waals surface area contributed by atoms with E-state index >= 15 is 0 Å². The summed E-state index contributed by atoms with van der Waals surface area (Å²) in [6.07, 6.45) is 8.95. The number of hydrogen-bond acceptors (Lipinski definition) is 5. The number of likely N-dealkylation sites (N-methyl/N-ethyl adjacent to an activating group) is 1. The van der Waals surface area contributed by atoms with Gasteiger partial charge in [-0.15, -0.1) is 0 Å². The van der Waals surface area contributed by atoms with Crippen molar-refractivity contribution in [3.8, 4) is 0 Å². The molecule has 2 atom stereocenters. The highest BCUT2D eigenvalue weighted by molar-refractivity contribution is 5.15. The molecule has 0 spiro atoms. The zero-order valence-electron chi connectivity index (χ0n) is 16.3. The second kappa shape index (κ2) is 8.79. The summed E-state index contributed by atoms with van der Waals surface area (Å²) in [5.74, 6) is 0. The Kier molecular flexibility index (Phi) is 6.20. The van der Waals surface area contributed by atoms with Crippen LogP contribution >= 0.6 is 0 Å². The maximum absolute atomic E-state index is 6.29. The maximum atomic E-state index is 6.29. The molecule has 3 fully saturated rings. The molecule has 0 amide bonds. The van der Waals surface area contributed by atoms with Crippen LogP contribution in [0.15, 0.2) is 18.3 Å². The zero-order chi connectivity index (χ0) is 17.8. The van der Waals surface area contributed by atoms with Gasteiger partial charge in [-0.1, -0.05) is 6.07 Å². The minimum Gasteiger partial charge on any atom is -0.373 e. The number of piperazine rings is 1. The molecule has 0 aromatic carbocycles. The van der Waals surface area contributed by atoms with E-state index in [1.165, 1.54) is 63.1 Å². The Hall–Kier alpha value is -1.01. The normalized spacial score (nSPS) is 28.8. The van der Waals surface area contributed by atoms with Crippen LogP contribution in [-0.4, -0.2) is 84.8 Å². The monoisotopic (exact) mass is 358 g/mol. The van der Waals surface area contributed by atoms with Crippen molar-refractivity contribution in [1.82, 2.24) is 19.7 Å².